The van der Waals surface area contributed by atoms with Crippen LogP contribution in [0.25, 0.3) is 0 Å². The van der Waals surface area contributed by atoms with E-state index in [0.29, 0.717) is 23.3 Å². The maximum Gasteiger partial charge on any atom is 0.0249 e. The Morgan fingerprint density at radius 1 is 0.970 bits per heavy atom. The van der Waals surface area contributed by atoms with Gasteiger partial charge < -0.3 is 16.8 Å². The Balaban J connectivity index is 1.40. The maximum absolute atomic E-state index is 11.9. The predicted octanol–water partition coefficient (Wildman–Crippen LogP) is 5.12. The van der Waals surface area contributed by atoms with E-state index in [1.54, 1.807) is 0 Å². The molecule has 0 spiro atoms. The van der Waals surface area contributed by atoms with Crippen LogP contribution >= 0.6 is 0 Å². The van der Waals surface area contributed by atoms with Gasteiger partial charge in [0.15, 0.2) is 0 Å². The SMILES string of the molecule is CCS(=O)CCC(CCCC1CCC2C1(C)CCC1C2(N)CCC2(N)CCCCC12C)NC. The van der Waals surface area contributed by atoms with Crippen molar-refractivity contribution in [2.24, 2.45) is 40.1 Å². The number of hydrogen-bond donors (Lipinski definition) is 3. The van der Waals surface area contributed by atoms with Gasteiger partial charge in [0.1, 0.15) is 0 Å². The average molecular weight is 480 g/mol. The van der Waals surface area contributed by atoms with Gasteiger partial charge >= 0.3 is 0 Å². The Kier molecular flexibility index (Phi) is 7.77. The lowest BCUT2D eigenvalue weighted by atomic mass is 9.40. The summed E-state index contributed by atoms with van der Waals surface area (Å²) in [5.74, 6) is 3.71. The highest BCUT2D eigenvalue weighted by Gasteiger charge is 2.67. The molecule has 4 fully saturated rings. The lowest BCUT2D eigenvalue weighted by Gasteiger charge is -2.68. The first kappa shape index (κ1) is 26.1. The van der Waals surface area contributed by atoms with E-state index in [0.717, 1.165) is 36.7 Å². The van der Waals surface area contributed by atoms with Crippen LogP contribution in [0.3, 0.4) is 0 Å². The highest BCUT2D eigenvalue weighted by Crippen LogP contribution is 2.69. The molecular formula is C28H53N3OS. The summed E-state index contributed by atoms with van der Waals surface area (Å²) in [5, 5.41) is 3.48. The number of nitrogens with two attached hydrogens (primary N) is 2. The molecule has 0 aromatic heterocycles. The normalized spacial score (nSPS) is 46.8. The second-order valence-corrected chi connectivity index (χ2v) is 14.8. The lowest BCUT2D eigenvalue weighted by molar-refractivity contribution is -0.136. The van der Waals surface area contributed by atoms with Gasteiger partial charge in [0.25, 0.3) is 0 Å². The molecule has 0 saturated heterocycles. The minimum atomic E-state index is -0.650. The first-order chi connectivity index (χ1) is 15.6. The summed E-state index contributed by atoms with van der Waals surface area (Å²) >= 11 is 0. The zero-order valence-electron chi connectivity index (χ0n) is 22.1. The van der Waals surface area contributed by atoms with E-state index in [-0.39, 0.29) is 16.5 Å². The molecule has 33 heavy (non-hydrogen) atoms. The van der Waals surface area contributed by atoms with Crippen molar-refractivity contribution in [3.05, 3.63) is 0 Å². The van der Waals surface area contributed by atoms with Crippen LogP contribution < -0.4 is 16.8 Å². The van der Waals surface area contributed by atoms with Crippen molar-refractivity contribution >= 4 is 10.8 Å². The first-order valence-corrected chi connectivity index (χ1v) is 15.7. The molecule has 5 N–H and O–H groups in total. The first-order valence-electron chi connectivity index (χ1n) is 14.2. The monoisotopic (exact) mass is 479 g/mol. The van der Waals surface area contributed by atoms with Crippen LogP contribution in [0.1, 0.15) is 111 Å². The second kappa shape index (κ2) is 9.82. The van der Waals surface area contributed by atoms with Gasteiger partial charge in [-0.1, -0.05) is 40.0 Å². The summed E-state index contributed by atoms with van der Waals surface area (Å²) in [7, 11) is 1.42. The minimum Gasteiger partial charge on any atom is -0.325 e. The van der Waals surface area contributed by atoms with Gasteiger partial charge in [0, 0.05) is 39.4 Å². The number of nitrogens with one attached hydrogen (secondary N) is 1. The fraction of sp³-hybridized carbons (Fsp3) is 1.00. The molecule has 0 heterocycles. The highest BCUT2D eigenvalue weighted by atomic mass is 32.2. The Hall–Kier alpha value is 0.0300. The number of hydrogen-bond acceptors (Lipinski definition) is 4. The molecule has 4 nitrogen and oxygen atoms in total. The summed E-state index contributed by atoms with van der Waals surface area (Å²) in [6.07, 6.45) is 17.6. The molecule has 0 aromatic carbocycles. The van der Waals surface area contributed by atoms with Gasteiger partial charge in [-0.15, -0.1) is 0 Å². The third kappa shape index (κ3) is 4.40. The van der Waals surface area contributed by atoms with Crippen LogP contribution in [-0.4, -0.2) is 39.9 Å². The molecule has 192 valence electrons. The van der Waals surface area contributed by atoms with Gasteiger partial charge in [-0.2, -0.15) is 0 Å². The fourth-order valence-corrected chi connectivity index (χ4v) is 10.4. The molecule has 5 heteroatoms. The second-order valence-electron chi connectivity index (χ2n) is 13.0. The van der Waals surface area contributed by atoms with Crippen LogP contribution in [0.4, 0.5) is 0 Å². The summed E-state index contributed by atoms with van der Waals surface area (Å²) < 4.78 is 11.9. The van der Waals surface area contributed by atoms with E-state index >= 15 is 0 Å². The topological polar surface area (TPSA) is 81.1 Å². The molecule has 4 saturated carbocycles. The van der Waals surface area contributed by atoms with Crippen molar-refractivity contribution in [2.75, 3.05) is 18.6 Å². The van der Waals surface area contributed by atoms with Gasteiger partial charge in [-0.3, -0.25) is 4.21 Å². The quantitative estimate of drug-likeness (QED) is 0.429. The van der Waals surface area contributed by atoms with Crippen molar-refractivity contribution in [3.63, 3.8) is 0 Å². The van der Waals surface area contributed by atoms with E-state index < -0.39 is 10.8 Å². The van der Waals surface area contributed by atoms with Crippen molar-refractivity contribution in [1.29, 1.82) is 0 Å². The van der Waals surface area contributed by atoms with E-state index in [2.05, 4.69) is 26.2 Å². The molecule has 0 amide bonds. The van der Waals surface area contributed by atoms with Gasteiger partial charge in [0.05, 0.1) is 0 Å². The summed E-state index contributed by atoms with van der Waals surface area (Å²) in [6, 6.07) is 0.504. The van der Waals surface area contributed by atoms with Crippen LogP contribution in [-0.2, 0) is 10.8 Å². The summed E-state index contributed by atoms with van der Waals surface area (Å²) in [6.45, 7) is 7.15. The molecular weight excluding hydrogens is 426 g/mol. The van der Waals surface area contributed by atoms with Crippen molar-refractivity contribution in [1.82, 2.24) is 5.32 Å². The minimum absolute atomic E-state index is 0.00552. The third-order valence-electron chi connectivity index (χ3n) is 11.8. The summed E-state index contributed by atoms with van der Waals surface area (Å²) in [5.41, 5.74) is 15.3. The highest BCUT2D eigenvalue weighted by molar-refractivity contribution is 7.84. The van der Waals surface area contributed by atoms with Gasteiger partial charge in [0.2, 0.25) is 0 Å². The van der Waals surface area contributed by atoms with Crippen LogP contribution in [0.15, 0.2) is 0 Å². The Labute approximate surface area is 206 Å². The Morgan fingerprint density at radius 2 is 1.73 bits per heavy atom. The van der Waals surface area contributed by atoms with E-state index in [1.807, 2.05) is 6.92 Å². The van der Waals surface area contributed by atoms with Crippen molar-refractivity contribution in [3.8, 4) is 0 Å². The summed E-state index contributed by atoms with van der Waals surface area (Å²) in [4.78, 5) is 0. The van der Waals surface area contributed by atoms with Gasteiger partial charge in [-0.25, -0.2) is 0 Å². The van der Waals surface area contributed by atoms with Crippen LogP contribution in [0.2, 0.25) is 0 Å². The molecule has 9 unspecified atom stereocenters. The number of fused-ring (bicyclic) bond motifs is 5. The smallest absolute Gasteiger partial charge is 0.0249 e. The predicted molar refractivity (Wildman–Crippen MR) is 142 cm³/mol. The molecule has 0 bridgehead atoms. The van der Waals surface area contributed by atoms with Crippen LogP contribution in [0.5, 0.6) is 0 Å². The number of rotatable bonds is 9. The average Bonchev–Trinajstić information content (AvgIpc) is 3.14. The van der Waals surface area contributed by atoms with E-state index in [4.69, 9.17) is 11.5 Å². The van der Waals surface area contributed by atoms with Crippen LogP contribution in [0, 0.1) is 28.6 Å². The van der Waals surface area contributed by atoms with Crippen molar-refractivity contribution in [2.45, 2.75) is 128 Å². The van der Waals surface area contributed by atoms with E-state index in [1.165, 1.54) is 70.6 Å². The molecule has 0 radical (unpaired) electrons. The lowest BCUT2D eigenvalue weighted by Crippen LogP contribution is -2.74. The Bertz CT molecular complexity index is 717. The third-order valence-corrected chi connectivity index (χ3v) is 13.1. The largest absolute Gasteiger partial charge is 0.325 e. The van der Waals surface area contributed by atoms with E-state index in [9.17, 15) is 4.21 Å². The zero-order chi connectivity index (χ0) is 23.9. The Morgan fingerprint density at radius 3 is 2.45 bits per heavy atom. The molecule has 9 atom stereocenters. The standard InChI is InChI=1S/C28H53N3OS/c1-5-33(32)20-14-22(31-4)10-8-9-21-11-12-23-25(21,2)17-13-24-26(3)15-6-7-16-27(26,29)18-19-28(23,24)30/h21-24,31H,5-20,29-30H2,1-4H3. The fourth-order valence-electron chi connectivity index (χ4n) is 9.57. The molecule has 0 aliphatic heterocycles. The molecule has 4 rings (SSSR count). The molecule has 0 aromatic rings. The van der Waals surface area contributed by atoms with Crippen molar-refractivity contribution < 1.29 is 4.21 Å². The van der Waals surface area contributed by atoms with Gasteiger partial charge in [-0.05, 0) is 106 Å². The molecule has 4 aliphatic carbocycles. The maximum atomic E-state index is 11.9. The zero-order valence-corrected chi connectivity index (χ0v) is 22.9. The molecule has 4 aliphatic rings.